The van der Waals surface area contributed by atoms with Crippen molar-refractivity contribution in [3.8, 4) is 5.75 Å². The Morgan fingerprint density at radius 2 is 1.89 bits per heavy atom. The van der Waals surface area contributed by atoms with Gasteiger partial charge in [-0.25, -0.2) is 9.69 Å². The molecule has 0 spiro atoms. The molecule has 2 aromatic rings. The van der Waals surface area contributed by atoms with Gasteiger partial charge in [-0.05, 0) is 35.7 Å². The standard InChI is InChI=1S/C26H34N2O7S/c1-18(2)22-16-34-25(30)28(22)24(29)15-26(35-17-33-14-13-31-3,19-9-11-20(32-4)12-10-19)36-23-8-6-5-7-21(23)27/h5-12,18,22H,13-17,27H2,1-4H3. The molecule has 10 heteroatoms. The number of cyclic esters (lactones) is 1. The summed E-state index contributed by atoms with van der Waals surface area (Å²) in [4.78, 5) is 26.9. The van der Waals surface area contributed by atoms with Crippen molar-refractivity contribution in [2.75, 3.05) is 46.6 Å². The van der Waals surface area contributed by atoms with E-state index in [0.717, 1.165) is 4.90 Å². The molecule has 1 heterocycles. The molecule has 0 radical (unpaired) electrons. The van der Waals surface area contributed by atoms with E-state index in [1.807, 2.05) is 44.2 Å². The van der Waals surface area contributed by atoms with Crippen molar-refractivity contribution >= 4 is 29.4 Å². The molecule has 2 N–H and O–H groups in total. The van der Waals surface area contributed by atoms with Crippen LogP contribution in [0.5, 0.6) is 5.75 Å². The number of amides is 2. The summed E-state index contributed by atoms with van der Waals surface area (Å²) in [5, 5.41) is 0. The Morgan fingerprint density at radius 1 is 1.17 bits per heavy atom. The third-order valence-corrected chi connectivity index (χ3v) is 7.28. The number of imide groups is 1. The second-order valence-electron chi connectivity index (χ2n) is 8.61. The zero-order valence-corrected chi connectivity index (χ0v) is 21.9. The largest absolute Gasteiger partial charge is 0.497 e. The number of hydrogen-bond acceptors (Lipinski definition) is 9. The summed E-state index contributed by atoms with van der Waals surface area (Å²) in [6.45, 7) is 4.66. The Labute approximate surface area is 216 Å². The summed E-state index contributed by atoms with van der Waals surface area (Å²) in [5.74, 6) is 0.278. The van der Waals surface area contributed by atoms with Crippen molar-refractivity contribution in [2.45, 2.75) is 36.1 Å². The molecule has 9 nitrogen and oxygen atoms in total. The van der Waals surface area contributed by atoms with Gasteiger partial charge in [0, 0.05) is 17.7 Å². The fraction of sp³-hybridized carbons (Fsp3) is 0.462. The van der Waals surface area contributed by atoms with E-state index in [9.17, 15) is 9.59 Å². The monoisotopic (exact) mass is 518 g/mol. The SMILES string of the molecule is COCCOCOC(CC(=O)N1C(=O)OCC1C(C)C)(Sc1ccccc1N)c1ccc(OC)cc1. The maximum atomic E-state index is 13.7. The van der Waals surface area contributed by atoms with Crippen LogP contribution in [0.1, 0.15) is 25.8 Å². The number of carbonyl (C=O) groups is 2. The fourth-order valence-corrected chi connectivity index (χ4v) is 5.04. The van der Waals surface area contributed by atoms with Gasteiger partial charge >= 0.3 is 6.09 Å². The second kappa shape index (κ2) is 13.0. The average molecular weight is 519 g/mol. The van der Waals surface area contributed by atoms with Crippen LogP contribution in [0.2, 0.25) is 0 Å². The molecule has 1 fully saturated rings. The molecule has 0 saturated carbocycles. The number of ether oxygens (including phenoxy) is 5. The maximum absolute atomic E-state index is 13.7. The highest BCUT2D eigenvalue weighted by Gasteiger charge is 2.45. The van der Waals surface area contributed by atoms with Crippen LogP contribution in [0.3, 0.4) is 0 Å². The topological polar surface area (TPSA) is 110 Å². The first kappa shape index (κ1) is 27.8. The molecule has 0 bridgehead atoms. The van der Waals surface area contributed by atoms with Crippen LogP contribution in [0.4, 0.5) is 10.5 Å². The van der Waals surface area contributed by atoms with Crippen molar-refractivity contribution < 1.29 is 33.3 Å². The Morgan fingerprint density at radius 3 is 2.53 bits per heavy atom. The van der Waals surface area contributed by atoms with Crippen LogP contribution in [0, 0.1) is 5.92 Å². The predicted octanol–water partition coefficient (Wildman–Crippen LogP) is 4.25. The molecule has 2 aromatic carbocycles. The number of hydrogen-bond donors (Lipinski definition) is 1. The van der Waals surface area contributed by atoms with E-state index in [1.54, 1.807) is 32.4 Å². The van der Waals surface area contributed by atoms with Crippen LogP contribution in [0.25, 0.3) is 0 Å². The third kappa shape index (κ3) is 6.70. The summed E-state index contributed by atoms with van der Waals surface area (Å²) in [6, 6.07) is 14.2. The van der Waals surface area contributed by atoms with Gasteiger partial charge in [0.2, 0.25) is 5.91 Å². The lowest BCUT2D eigenvalue weighted by Gasteiger charge is -2.35. The maximum Gasteiger partial charge on any atom is 0.416 e. The van der Waals surface area contributed by atoms with Crippen molar-refractivity contribution in [2.24, 2.45) is 5.92 Å². The quantitative estimate of drug-likeness (QED) is 0.180. The van der Waals surface area contributed by atoms with Gasteiger partial charge in [0.05, 0.1) is 32.8 Å². The number of nitrogen functional groups attached to an aromatic ring is 1. The van der Waals surface area contributed by atoms with Crippen LogP contribution in [-0.4, -0.2) is 63.8 Å². The van der Waals surface area contributed by atoms with Crippen LogP contribution >= 0.6 is 11.8 Å². The molecule has 2 atom stereocenters. The molecule has 196 valence electrons. The lowest BCUT2D eigenvalue weighted by Crippen LogP contribution is -2.45. The van der Waals surface area contributed by atoms with Crippen molar-refractivity contribution in [3.63, 3.8) is 0 Å². The van der Waals surface area contributed by atoms with E-state index in [0.29, 0.717) is 30.2 Å². The molecule has 3 rings (SSSR count). The van der Waals surface area contributed by atoms with Crippen LogP contribution in [-0.2, 0) is 28.7 Å². The molecule has 1 aliphatic heterocycles. The van der Waals surface area contributed by atoms with Crippen molar-refractivity contribution in [1.29, 1.82) is 0 Å². The molecule has 36 heavy (non-hydrogen) atoms. The lowest BCUT2D eigenvalue weighted by atomic mass is 10.0. The highest BCUT2D eigenvalue weighted by Crippen LogP contribution is 2.48. The summed E-state index contributed by atoms with van der Waals surface area (Å²) in [6.07, 6.45) is -0.813. The van der Waals surface area contributed by atoms with E-state index in [2.05, 4.69) is 0 Å². The summed E-state index contributed by atoms with van der Waals surface area (Å²) < 4.78 is 27.5. The molecule has 0 aromatic heterocycles. The number of carbonyl (C=O) groups excluding carboxylic acids is 2. The molecule has 1 saturated heterocycles. The van der Waals surface area contributed by atoms with E-state index in [-0.39, 0.29) is 31.8 Å². The zero-order chi connectivity index (χ0) is 26.1. The van der Waals surface area contributed by atoms with Crippen molar-refractivity contribution in [1.82, 2.24) is 4.90 Å². The Balaban J connectivity index is 2.02. The number of anilines is 1. The lowest BCUT2D eigenvalue weighted by molar-refractivity contribution is -0.143. The molecule has 1 aliphatic rings. The van der Waals surface area contributed by atoms with E-state index in [1.165, 1.54) is 16.7 Å². The van der Waals surface area contributed by atoms with Gasteiger partial charge in [0.1, 0.15) is 19.1 Å². The van der Waals surface area contributed by atoms with Gasteiger partial charge < -0.3 is 29.4 Å². The molecular formula is C26H34N2O7S. The minimum Gasteiger partial charge on any atom is -0.497 e. The van der Waals surface area contributed by atoms with Gasteiger partial charge in [0.25, 0.3) is 0 Å². The van der Waals surface area contributed by atoms with Gasteiger partial charge in [0.15, 0.2) is 4.93 Å². The average Bonchev–Trinajstić information content (AvgIpc) is 3.27. The first-order valence-electron chi connectivity index (χ1n) is 11.7. The smallest absolute Gasteiger partial charge is 0.416 e. The summed E-state index contributed by atoms with van der Waals surface area (Å²) in [7, 11) is 3.16. The first-order chi connectivity index (χ1) is 17.3. The minimum absolute atomic E-state index is 0.0338. The summed E-state index contributed by atoms with van der Waals surface area (Å²) in [5.41, 5.74) is 7.50. The van der Waals surface area contributed by atoms with Crippen LogP contribution in [0.15, 0.2) is 53.4 Å². The predicted molar refractivity (Wildman–Crippen MR) is 137 cm³/mol. The number of nitrogens with two attached hydrogens (primary N) is 1. The number of rotatable bonds is 13. The van der Waals surface area contributed by atoms with Gasteiger partial charge in [-0.15, -0.1) is 0 Å². The highest BCUT2D eigenvalue weighted by atomic mass is 32.2. The van der Waals surface area contributed by atoms with E-state index in [4.69, 9.17) is 29.4 Å². The van der Waals surface area contributed by atoms with Gasteiger partial charge in [-0.3, -0.25) is 4.79 Å². The Hall–Kier alpha value is -2.79. The Bertz CT molecular complexity index is 1020. The van der Waals surface area contributed by atoms with Gasteiger partial charge in [-0.2, -0.15) is 0 Å². The van der Waals surface area contributed by atoms with Crippen LogP contribution < -0.4 is 10.5 Å². The highest BCUT2D eigenvalue weighted by molar-refractivity contribution is 8.00. The molecule has 0 aliphatic carbocycles. The second-order valence-corrected chi connectivity index (χ2v) is 9.92. The first-order valence-corrected chi connectivity index (χ1v) is 12.5. The number of benzene rings is 2. The number of thioether (sulfide) groups is 1. The zero-order valence-electron chi connectivity index (χ0n) is 21.1. The number of para-hydroxylation sites is 1. The molecule has 2 unspecified atom stereocenters. The summed E-state index contributed by atoms with van der Waals surface area (Å²) >= 11 is 1.29. The normalized spacial score (nSPS) is 17.2. The fourth-order valence-electron chi connectivity index (χ4n) is 3.79. The molecule has 2 amide bonds. The third-order valence-electron chi connectivity index (χ3n) is 5.86. The van der Waals surface area contributed by atoms with E-state index < -0.39 is 16.9 Å². The minimum atomic E-state index is -1.27. The van der Waals surface area contributed by atoms with E-state index >= 15 is 0 Å². The van der Waals surface area contributed by atoms with Crippen molar-refractivity contribution in [3.05, 3.63) is 54.1 Å². The number of nitrogens with zero attached hydrogens (tertiary/aromatic N) is 1. The number of methoxy groups -OCH3 is 2. The molecular weight excluding hydrogens is 484 g/mol. The van der Waals surface area contributed by atoms with Gasteiger partial charge in [-0.1, -0.05) is 49.9 Å². The Kier molecular flexibility index (Phi) is 10.0.